The number of para-hydroxylation sites is 2. The molecule has 0 N–H and O–H groups in total. The minimum Gasteiger partial charge on any atom is -0.309 e. The van der Waals surface area contributed by atoms with E-state index >= 15 is 0 Å². The normalized spacial score (nSPS) is 11.8. The van der Waals surface area contributed by atoms with E-state index in [0.29, 0.717) is 5.82 Å². The van der Waals surface area contributed by atoms with Crippen molar-refractivity contribution in [3.63, 3.8) is 0 Å². The Hall–Kier alpha value is -6.52. The van der Waals surface area contributed by atoms with Crippen LogP contribution in [0.3, 0.4) is 0 Å². The van der Waals surface area contributed by atoms with E-state index in [1.807, 2.05) is 24.3 Å². The van der Waals surface area contributed by atoms with E-state index in [1.165, 1.54) is 32.6 Å². The summed E-state index contributed by atoms with van der Waals surface area (Å²) in [5, 5.41) is 6.11. The predicted molar refractivity (Wildman–Crippen MR) is 199 cm³/mol. The lowest BCUT2D eigenvalue weighted by molar-refractivity contribution is 1.14. The van der Waals surface area contributed by atoms with E-state index in [0.717, 1.165) is 50.1 Å². The van der Waals surface area contributed by atoms with Crippen LogP contribution in [0.5, 0.6) is 0 Å². The molecule has 0 radical (unpaired) electrons. The van der Waals surface area contributed by atoms with E-state index in [2.05, 4.69) is 155 Å². The van der Waals surface area contributed by atoms with Gasteiger partial charge in [-0.05, 0) is 53.2 Å². The Kier molecular flexibility index (Phi) is 5.84. The van der Waals surface area contributed by atoms with Gasteiger partial charge in [-0.25, -0.2) is 9.97 Å². The van der Waals surface area contributed by atoms with Crippen molar-refractivity contribution in [1.29, 1.82) is 0 Å². The Bertz CT molecular complexity index is 2810. The monoisotopic (exact) mass is 612 g/mol. The second-order valence-electron chi connectivity index (χ2n) is 12.2. The van der Waals surface area contributed by atoms with Crippen LogP contribution < -0.4 is 0 Å². The van der Waals surface area contributed by atoms with Crippen LogP contribution in [0, 0.1) is 0 Å². The van der Waals surface area contributed by atoms with Crippen molar-refractivity contribution in [3.05, 3.63) is 170 Å². The van der Waals surface area contributed by atoms with E-state index in [4.69, 9.17) is 9.97 Å². The number of hydrogen-bond donors (Lipinski definition) is 0. The molecule has 0 unspecified atom stereocenters. The molecule has 0 atom stereocenters. The molecule has 4 nitrogen and oxygen atoms in total. The van der Waals surface area contributed by atoms with Gasteiger partial charge in [0.1, 0.15) is 5.52 Å². The molecule has 0 saturated heterocycles. The highest BCUT2D eigenvalue weighted by molar-refractivity contribution is 6.21. The number of benzene rings is 7. The molecule has 0 aliphatic heterocycles. The number of hydrogen-bond acceptors (Lipinski definition) is 2. The second kappa shape index (κ2) is 10.5. The quantitative estimate of drug-likeness (QED) is 0.198. The van der Waals surface area contributed by atoms with Crippen LogP contribution in [0.4, 0.5) is 0 Å². The molecular formula is C44H28N4. The van der Waals surface area contributed by atoms with E-state index < -0.39 is 0 Å². The van der Waals surface area contributed by atoms with Crippen LogP contribution in [0.2, 0.25) is 0 Å². The second-order valence-corrected chi connectivity index (χ2v) is 12.2. The standard InChI is InChI=1S/C44H28N4/c1-4-15-30(16-5-1)41-43-42(46-44(45-41)31-17-6-2-7-18-31)36-28-33(25-27-38(36)48(43)32-19-8-3-9-20-32)47-37-23-13-12-22-35(37)40-34-21-11-10-14-29(34)24-26-39(40)47/h1-28H. The number of aromatic nitrogens is 4. The zero-order chi connectivity index (χ0) is 31.6. The van der Waals surface area contributed by atoms with E-state index in [-0.39, 0.29) is 0 Å². The molecular weight excluding hydrogens is 585 g/mol. The van der Waals surface area contributed by atoms with Crippen molar-refractivity contribution in [2.24, 2.45) is 0 Å². The topological polar surface area (TPSA) is 35.6 Å². The maximum absolute atomic E-state index is 5.35. The van der Waals surface area contributed by atoms with Gasteiger partial charge < -0.3 is 9.13 Å². The third-order valence-corrected chi connectivity index (χ3v) is 9.50. The van der Waals surface area contributed by atoms with Crippen LogP contribution in [-0.4, -0.2) is 19.1 Å². The fraction of sp³-hybridized carbons (Fsp3) is 0. The zero-order valence-electron chi connectivity index (χ0n) is 26.0. The Balaban J connectivity index is 1.35. The van der Waals surface area contributed by atoms with Crippen LogP contribution in [0.15, 0.2) is 170 Å². The minimum absolute atomic E-state index is 0.711. The Labute approximate surface area is 276 Å². The number of nitrogens with zero attached hydrogens (tertiary/aromatic N) is 4. The average Bonchev–Trinajstić information content (AvgIpc) is 3.68. The zero-order valence-corrected chi connectivity index (χ0v) is 26.0. The largest absolute Gasteiger partial charge is 0.309 e. The summed E-state index contributed by atoms with van der Waals surface area (Å²) in [6.07, 6.45) is 0. The summed E-state index contributed by atoms with van der Waals surface area (Å²) in [4.78, 5) is 10.6. The van der Waals surface area contributed by atoms with E-state index in [9.17, 15) is 0 Å². The molecule has 7 aromatic carbocycles. The lowest BCUT2D eigenvalue weighted by Crippen LogP contribution is -1.99. The van der Waals surface area contributed by atoms with Crippen molar-refractivity contribution in [2.75, 3.05) is 0 Å². The third-order valence-electron chi connectivity index (χ3n) is 9.50. The molecule has 0 saturated carbocycles. The fourth-order valence-electron chi connectivity index (χ4n) is 7.40. The molecule has 0 fully saturated rings. The van der Waals surface area contributed by atoms with Crippen molar-refractivity contribution < 1.29 is 0 Å². The summed E-state index contributed by atoms with van der Waals surface area (Å²) >= 11 is 0. The first-order chi connectivity index (χ1) is 23.8. The van der Waals surface area contributed by atoms with Gasteiger partial charge >= 0.3 is 0 Å². The Morgan fingerprint density at radius 2 is 1.02 bits per heavy atom. The molecule has 0 aliphatic rings. The van der Waals surface area contributed by atoms with Crippen molar-refractivity contribution in [3.8, 4) is 34.0 Å². The average molecular weight is 613 g/mol. The van der Waals surface area contributed by atoms with Gasteiger partial charge in [-0.15, -0.1) is 0 Å². The Morgan fingerprint density at radius 1 is 0.396 bits per heavy atom. The summed E-state index contributed by atoms with van der Waals surface area (Å²) < 4.78 is 4.73. The van der Waals surface area contributed by atoms with Crippen LogP contribution in [0.1, 0.15) is 0 Å². The minimum atomic E-state index is 0.711. The fourth-order valence-corrected chi connectivity index (χ4v) is 7.40. The number of fused-ring (bicyclic) bond motifs is 8. The highest BCUT2D eigenvalue weighted by atomic mass is 15.0. The Morgan fingerprint density at radius 3 is 1.81 bits per heavy atom. The molecule has 0 spiro atoms. The van der Waals surface area contributed by atoms with Crippen molar-refractivity contribution in [2.45, 2.75) is 0 Å². The highest BCUT2D eigenvalue weighted by Gasteiger charge is 2.22. The molecule has 3 heterocycles. The highest BCUT2D eigenvalue weighted by Crippen LogP contribution is 2.41. The molecule has 0 bridgehead atoms. The molecule has 0 amide bonds. The molecule has 3 aromatic heterocycles. The molecule has 4 heteroatoms. The smallest absolute Gasteiger partial charge is 0.160 e. The van der Waals surface area contributed by atoms with Crippen LogP contribution >= 0.6 is 0 Å². The third kappa shape index (κ3) is 3.96. The molecule has 0 aliphatic carbocycles. The van der Waals surface area contributed by atoms with Crippen LogP contribution in [-0.2, 0) is 0 Å². The lowest BCUT2D eigenvalue weighted by atomic mass is 10.0. The SMILES string of the molecule is c1ccc(-c2nc(-c3ccccc3)c3c(n2)c2cc(-n4c5ccccc5c5c6ccccc6ccc54)ccc2n3-c2ccccc2)cc1. The van der Waals surface area contributed by atoms with Gasteiger partial charge in [0, 0.05) is 38.7 Å². The first-order valence-electron chi connectivity index (χ1n) is 16.3. The van der Waals surface area contributed by atoms with Gasteiger partial charge in [0.25, 0.3) is 0 Å². The molecule has 224 valence electrons. The van der Waals surface area contributed by atoms with E-state index in [1.54, 1.807) is 0 Å². The van der Waals surface area contributed by atoms with Gasteiger partial charge in [-0.1, -0.05) is 127 Å². The maximum atomic E-state index is 5.35. The summed E-state index contributed by atoms with van der Waals surface area (Å²) in [6, 6.07) is 60.0. The van der Waals surface area contributed by atoms with Gasteiger partial charge in [-0.2, -0.15) is 0 Å². The summed E-state index contributed by atoms with van der Waals surface area (Å²) in [7, 11) is 0. The summed E-state index contributed by atoms with van der Waals surface area (Å²) in [6.45, 7) is 0. The summed E-state index contributed by atoms with van der Waals surface area (Å²) in [5.74, 6) is 0.711. The van der Waals surface area contributed by atoms with Gasteiger partial charge in [0.05, 0.1) is 27.8 Å². The maximum Gasteiger partial charge on any atom is 0.160 e. The van der Waals surface area contributed by atoms with Gasteiger partial charge in [0.15, 0.2) is 5.82 Å². The van der Waals surface area contributed by atoms with Gasteiger partial charge in [-0.3, -0.25) is 0 Å². The first-order valence-corrected chi connectivity index (χ1v) is 16.3. The number of rotatable bonds is 4. The van der Waals surface area contributed by atoms with Crippen molar-refractivity contribution in [1.82, 2.24) is 19.1 Å². The first kappa shape index (κ1) is 26.7. The summed E-state index contributed by atoms with van der Waals surface area (Å²) in [5.41, 5.74) is 10.5. The molecule has 48 heavy (non-hydrogen) atoms. The predicted octanol–water partition coefficient (Wildman–Crippen LogP) is 11.2. The van der Waals surface area contributed by atoms with Gasteiger partial charge in [0.2, 0.25) is 0 Å². The van der Waals surface area contributed by atoms with Crippen molar-refractivity contribution >= 4 is 54.5 Å². The molecule has 10 aromatic rings. The lowest BCUT2D eigenvalue weighted by Gasteiger charge is -2.12. The van der Waals surface area contributed by atoms with Crippen LogP contribution in [0.25, 0.3) is 88.5 Å². The molecule has 10 rings (SSSR count).